The molecule has 27 heavy (non-hydrogen) atoms. The van der Waals surface area contributed by atoms with Crippen LogP contribution in [0.5, 0.6) is 5.75 Å². The van der Waals surface area contributed by atoms with E-state index in [-0.39, 0.29) is 24.4 Å². The first-order valence-corrected chi connectivity index (χ1v) is 9.06. The van der Waals surface area contributed by atoms with Crippen LogP contribution in [0.4, 0.5) is 5.69 Å². The lowest BCUT2D eigenvalue weighted by atomic mass is 10.2. The van der Waals surface area contributed by atoms with Gasteiger partial charge in [-0.1, -0.05) is 35.9 Å². The Balaban J connectivity index is 1.82. The molecule has 2 amide bonds. The van der Waals surface area contributed by atoms with Crippen LogP contribution >= 0.6 is 11.6 Å². The maximum atomic E-state index is 12.4. The molecule has 2 atom stereocenters. The number of halogens is 1. The minimum atomic E-state index is -0.375. The van der Waals surface area contributed by atoms with Crippen LogP contribution in [-0.2, 0) is 16.1 Å². The highest BCUT2D eigenvalue weighted by molar-refractivity contribution is 6.33. The van der Waals surface area contributed by atoms with Crippen molar-refractivity contribution in [1.82, 2.24) is 5.32 Å². The molecule has 2 aromatic carbocycles. The minimum Gasteiger partial charge on any atom is -0.497 e. The monoisotopic (exact) mass is 390 g/mol. The molecule has 0 aromatic heterocycles. The summed E-state index contributed by atoms with van der Waals surface area (Å²) in [6.45, 7) is 2.37. The third-order valence-corrected chi connectivity index (χ3v) is 4.68. The number of benzene rings is 2. The number of carbonyl (C=O) groups excluding carboxylic acids is 2. The van der Waals surface area contributed by atoms with E-state index in [1.165, 1.54) is 0 Å². The molecule has 2 rings (SSSR count). The second-order valence-electron chi connectivity index (χ2n) is 6.34. The third-order valence-electron chi connectivity index (χ3n) is 4.35. The van der Waals surface area contributed by atoms with Crippen molar-refractivity contribution in [3.05, 3.63) is 59.1 Å². The quantitative estimate of drug-likeness (QED) is 0.639. The molecular weight excluding hydrogens is 366 g/mol. The summed E-state index contributed by atoms with van der Waals surface area (Å²) in [5.41, 5.74) is 1.54. The van der Waals surface area contributed by atoms with Crippen LogP contribution in [0.3, 0.4) is 0 Å². The second kappa shape index (κ2) is 9.94. The summed E-state index contributed by atoms with van der Waals surface area (Å²) in [5.74, 6) is 0.455. The fourth-order valence-corrected chi connectivity index (χ4v) is 2.66. The summed E-state index contributed by atoms with van der Waals surface area (Å²) in [6, 6.07) is 14.2. The van der Waals surface area contributed by atoms with Gasteiger partial charge in [0.05, 0.1) is 24.9 Å². The Morgan fingerprint density at radius 3 is 2.44 bits per heavy atom. The van der Waals surface area contributed by atoms with Crippen LogP contribution < -0.4 is 20.3 Å². The predicted molar refractivity (Wildman–Crippen MR) is 106 cm³/mol. The number of quaternary nitrogens is 1. The summed E-state index contributed by atoms with van der Waals surface area (Å²) in [7, 11) is 3.42. The summed E-state index contributed by atoms with van der Waals surface area (Å²) in [6.07, 6.45) is 0. The first-order chi connectivity index (χ1) is 12.9. The molecule has 0 aliphatic heterocycles. The van der Waals surface area contributed by atoms with Crippen LogP contribution in [-0.4, -0.2) is 38.6 Å². The van der Waals surface area contributed by atoms with Gasteiger partial charge >= 0.3 is 0 Å². The molecule has 0 aliphatic rings. The van der Waals surface area contributed by atoms with E-state index in [0.717, 1.165) is 16.2 Å². The molecule has 0 radical (unpaired) electrons. The van der Waals surface area contributed by atoms with Gasteiger partial charge < -0.3 is 20.3 Å². The average Bonchev–Trinajstić information content (AvgIpc) is 2.67. The van der Waals surface area contributed by atoms with Gasteiger partial charge in [-0.05, 0) is 36.8 Å². The van der Waals surface area contributed by atoms with E-state index in [2.05, 4.69) is 10.6 Å². The third kappa shape index (κ3) is 6.27. The predicted octanol–water partition coefficient (Wildman–Crippen LogP) is 1.51. The number of methoxy groups -OCH3 is 1. The van der Waals surface area contributed by atoms with Crippen molar-refractivity contribution >= 4 is 29.1 Å². The van der Waals surface area contributed by atoms with Gasteiger partial charge in [-0.3, -0.25) is 9.59 Å². The van der Waals surface area contributed by atoms with Crippen LogP contribution in [0.25, 0.3) is 0 Å². The Kier molecular flexibility index (Phi) is 7.64. The molecule has 3 N–H and O–H groups in total. The summed E-state index contributed by atoms with van der Waals surface area (Å²) < 4.78 is 5.11. The summed E-state index contributed by atoms with van der Waals surface area (Å²) in [5, 5.41) is 6.14. The zero-order valence-corrected chi connectivity index (χ0v) is 16.5. The number of likely N-dealkylation sites (N-methyl/N-ethyl adjacent to an activating group) is 1. The van der Waals surface area contributed by atoms with Crippen LogP contribution in [0.1, 0.15) is 12.5 Å². The summed E-state index contributed by atoms with van der Waals surface area (Å²) in [4.78, 5) is 25.4. The van der Waals surface area contributed by atoms with E-state index in [0.29, 0.717) is 17.3 Å². The van der Waals surface area contributed by atoms with Gasteiger partial charge in [-0.25, -0.2) is 0 Å². The number of ether oxygens (including phenoxy) is 1. The smallest absolute Gasteiger partial charge is 0.279 e. The molecular formula is C20H25ClN3O3+. The van der Waals surface area contributed by atoms with Gasteiger partial charge in [0, 0.05) is 6.54 Å². The number of hydrogen-bond acceptors (Lipinski definition) is 3. The first-order valence-electron chi connectivity index (χ1n) is 8.68. The first kappa shape index (κ1) is 20.7. The van der Waals surface area contributed by atoms with Crippen LogP contribution in [0.15, 0.2) is 48.5 Å². The molecule has 6 nitrogen and oxygen atoms in total. The number of anilines is 1. The van der Waals surface area contributed by atoms with Gasteiger partial charge in [0.15, 0.2) is 12.6 Å². The molecule has 2 aromatic rings. The van der Waals surface area contributed by atoms with Crippen molar-refractivity contribution in [2.75, 3.05) is 26.0 Å². The lowest BCUT2D eigenvalue weighted by molar-refractivity contribution is -0.885. The number of hydrogen-bond donors (Lipinski definition) is 3. The maximum absolute atomic E-state index is 12.4. The van der Waals surface area contributed by atoms with Crippen molar-refractivity contribution in [1.29, 1.82) is 0 Å². The molecule has 1 unspecified atom stereocenters. The zero-order chi connectivity index (χ0) is 19.8. The molecule has 0 fully saturated rings. The van der Waals surface area contributed by atoms with Crippen molar-refractivity contribution in [3.8, 4) is 5.75 Å². The number of nitrogens with one attached hydrogen (secondary N) is 3. The minimum absolute atomic E-state index is 0.117. The van der Waals surface area contributed by atoms with E-state index >= 15 is 0 Å². The number of amides is 2. The molecule has 144 valence electrons. The van der Waals surface area contributed by atoms with Gasteiger partial charge in [-0.2, -0.15) is 0 Å². The van der Waals surface area contributed by atoms with Crippen molar-refractivity contribution < 1.29 is 19.2 Å². The Bertz CT molecular complexity index is 780. The second-order valence-corrected chi connectivity index (χ2v) is 6.75. The highest BCUT2D eigenvalue weighted by Crippen LogP contribution is 2.19. The highest BCUT2D eigenvalue weighted by atomic mass is 35.5. The van der Waals surface area contributed by atoms with Crippen LogP contribution in [0, 0.1) is 0 Å². The van der Waals surface area contributed by atoms with Crippen molar-refractivity contribution in [3.63, 3.8) is 0 Å². The molecule has 0 heterocycles. The van der Waals surface area contributed by atoms with Crippen molar-refractivity contribution in [2.24, 2.45) is 0 Å². The van der Waals surface area contributed by atoms with Gasteiger partial charge in [0.25, 0.3) is 11.8 Å². The largest absolute Gasteiger partial charge is 0.497 e. The highest BCUT2D eigenvalue weighted by Gasteiger charge is 2.23. The lowest BCUT2D eigenvalue weighted by Gasteiger charge is -2.20. The fourth-order valence-electron chi connectivity index (χ4n) is 2.47. The van der Waals surface area contributed by atoms with Gasteiger partial charge in [0.1, 0.15) is 5.75 Å². The van der Waals surface area contributed by atoms with E-state index in [1.807, 2.05) is 31.3 Å². The number of para-hydroxylation sites is 1. The molecule has 7 heteroatoms. The SMILES string of the molecule is COc1ccc(CNC(=O)[C@H](C)[NH+](C)CC(=O)Nc2ccccc2Cl)cc1. The molecule has 0 saturated carbocycles. The van der Waals surface area contributed by atoms with E-state index in [9.17, 15) is 9.59 Å². The zero-order valence-electron chi connectivity index (χ0n) is 15.7. The number of carbonyl (C=O) groups is 2. The standard InChI is InChI=1S/C20H24ClN3O3/c1-14(20(26)22-12-15-8-10-16(27-3)11-9-15)24(2)13-19(25)23-18-7-5-4-6-17(18)21/h4-11,14H,12-13H2,1-3H3,(H,22,26)(H,23,25)/p+1/t14-/m0/s1. The topological polar surface area (TPSA) is 71.9 Å². The van der Waals surface area contributed by atoms with E-state index in [1.54, 1.807) is 38.3 Å². The molecule has 0 saturated heterocycles. The normalized spacial score (nSPS) is 12.7. The Labute approximate surface area is 164 Å². The molecule has 0 spiro atoms. The Morgan fingerprint density at radius 1 is 1.15 bits per heavy atom. The number of rotatable bonds is 8. The Morgan fingerprint density at radius 2 is 1.81 bits per heavy atom. The average molecular weight is 391 g/mol. The van der Waals surface area contributed by atoms with Crippen molar-refractivity contribution in [2.45, 2.75) is 19.5 Å². The molecule has 0 bridgehead atoms. The van der Waals surface area contributed by atoms with E-state index in [4.69, 9.17) is 16.3 Å². The van der Waals surface area contributed by atoms with E-state index < -0.39 is 0 Å². The fraction of sp³-hybridized carbons (Fsp3) is 0.300. The van der Waals surface area contributed by atoms with Gasteiger partial charge in [-0.15, -0.1) is 0 Å². The lowest BCUT2D eigenvalue weighted by Crippen LogP contribution is -3.15. The molecule has 0 aliphatic carbocycles. The Hall–Kier alpha value is -2.57. The maximum Gasteiger partial charge on any atom is 0.279 e. The van der Waals surface area contributed by atoms with Crippen LogP contribution in [0.2, 0.25) is 5.02 Å². The van der Waals surface area contributed by atoms with Gasteiger partial charge in [0.2, 0.25) is 0 Å². The summed E-state index contributed by atoms with van der Waals surface area (Å²) >= 11 is 6.04.